The average molecular weight is 396 g/mol. The van der Waals surface area contributed by atoms with Gasteiger partial charge in [-0.1, -0.05) is 12.1 Å². The van der Waals surface area contributed by atoms with Gasteiger partial charge in [0.1, 0.15) is 0 Å². The second kappa shape index (κ2) is 5.88. The Morgan fingerprint density at radius 1 is 1.24 bits per heavy atom. The topological polar surface area (TPSA) is 64.4 Å². The molecule has 0 radical (unpaired) electrons. The molecule has 0 spiro atoms. The van der Waals surface area contributed by atoms with E-state index < -0.39 is 4.92 Å². The van der Waals surface area contributed by atoms with E-state index in [1.54, 1.807) is 12.1 Å². The lowest BCUT2D eigenvalue weighted by Gasteiger charge is -2.21. The summed E-state index contributed by atoms with van der Waals surface area (Å²) in [5.41, 5.74) is 2.11. The summed E-state index contributed by atoms with van der Waals surface area (Å²) in [6.07, 6.45) is 2.08. The Bertz CT molecular complexity index is 703. The number of halogens is 1. The average Bonchev–Trinajstić information content (AvgIpc) is 2.49. The second-order valence-corrected chi connectivity index (χ2v) is 6.04. The van der Waals surface area contributed by atoms with E-state index in [2.05, 4.69) is 11.4 Å². The number of fused-ring (bicyclic) bond motifs is 1. The van der Waals surface area contributed by atoms with E-state index >= 15 is 0 Å². The summed E-state index contributed by atoms with van der Waals surface area (Å²) >= 11 is 2.05. The third kappa shape index (κ3) is 2.94. The molecule has 1 N–H and O–H groups in total. The summed E-state index contributed by atoms with van der Waals surface area (Å²) in [6, 6.07) is 10.8. The molecule has 6 heteroatoms. The van der Waals surface area contributed by atoms with Crippen molar-refractivity contribution in [2.75, 3.05) is 11.9 Å². The van der Waals surface area contributed by atoms with Crippen molar-refractivity contribution in [3.05, 3.63) is 55.6 Å². The molecule has 2 aromatic rings. The molecule has 0 fully saturated rings. The van der Waals surface area contributed by atoms with Gasteiger partial charge in [0.15, 0.2) is 5.75 Å². The number of hydrogen-bond donors (Lipinski definition) is 1. The second-order valence-electron chi connectivity index (χ2n) is 4.79. The van der Waals surface area contributed by atoms with Gasteiger partial charge >= 0.3 is 5.69 Å². The fraction of sp³-hybridized carbons (Fsp3) is 0.200. The first kappa shape index (κ1) is 14.1. The zero-order valence-electron chi connectivity index (χ0n) is 11.1. The lowest BCUT2D eigenvalue weighted by atomic mass is 10.0. The number of anilines is 1. The van der Waals surface area contributed by atoms with E-state index in [9.17, 15) is 10.1 Å². The number of para-hydroxylation sites is 1. The third-order valence-corrected chi connectivity index (χ3v) is 4.05. The smallest absolute Gasteiger partial charge is 0.312 e. The highest BCUT2D eigenvalue weighted by atomic mass is 127. The van der Waals surface area contributed by atoms with Gasteiger partial charge in [0.25, 0.3) is 0 Å². The van der Waals surface area contributed by atoms with Gasteiger partial charge in [-0.2, -0.15) is 0 Å². The molecule has 1 aliphatic rings. The molecule has 108 valence electrons. The monoisotopic (exact) mass is 396 g/mol. The molecule has 0 unspecified atom stereocenters. The van der Waals surface area contributed by atoms with E-state index in [1.807, 2.05) is 34.7 Å². The van der Waals surface area contributed by atoms with E-state index in [-0.39, 0.29) is 11.4 Å². The van der Waals surface area contributed by atoms with E-state index in [0.717, 1.165) is 28.6 Å². The number of nitrogens with zero attached hydrogens (tertiary/aromatic N) is 1. The zero-order valence-corrected chi connectivity index (χ0v) is 13.3. The molecular weight excluding hydrogens is 383 g/mol. The maximum Gasteiger partial charge on any atom is 0.312 e. The van der Waals surface area contributed by atoms with Gasteiger partial charge in [-0.15, -0.1) is 0 Å². The lowest BCUT2D eigenvalue weighted by molar-refractivity contribution is -0.385. The molecule has 0 atom stereocenters. The molecule has 0 bridgehead atoms. The van der Waals surface area contributed by atoms with Crippen LogP contribution in [-0.4, -0.2) is 11.5 Å². The summed E-state index contributed by atoms with van der Waals surface area (Å²) in [7, 11) is 0. The van der Waals surface area contributed by atoms with Crippen molar-refractivity contribution in [3.63, 3.8) is 0 Å². The summed E-state index contributed by atoms with van der Waals surface area (Å²) in [5.74, 6) is 0.901. The van der Waals surface area contributed by atoms with Crippen LogP contribution in [0.25, 0.3) is 0 Å². The first-order chi connectivity index (χ1) is 10.1. The van der Waals surface area contributed by atoms with Crippen molar-refractivity contribution in [3.8, 4) is 11.5 Å². The Hall–Kier alpha value is -1.83. The van der Waals surface area contributed by atoms with Crippen molar-refractivity contribution < 1.29 is 9.66 Å². The fourth-order valence-electron chi connectivity index (χ4n) is 2.40. The Morgan fingerprint density at radius 2 is 2.10 bits per heavy atom. The Balaban J connectivity index is 2.00. The Morgan fingerprint density at radius 3 is 2.90 bits per heavy atom. The zero-order chi connectivity index (χ0) is 14.8. The molecule has 3 rings (SSSR count). The standard InChI is InChI=1S/C15H13IN2O3/c16-11-6-7-13(12(9-11)18(19)20)21-14-5-1-3-10-4-2-8-17-15(10)14/h1,3,5-7,9,17H,2,4,8H2. The summed E-state index contributed by atoms with van der Waals surface area (Å²) in [4.78, 5) is 10.7. The minimum atomic E-state index is -0.416. The molecule has 0 aromatic heterocycles. The van der Waals surface area contributed by atoms with Crippen LogP contribution in [0, 0.1) is 13.7 Å². The van der Waals surface area contributed by atoms with Gasteiger partial charge < -0.3 is 10.1 Å². The maximum absolute atomic E-state index is 11.2. The van der Waals surface area contributed by atoms with Crippen LogP contribution >= 0.6 is 22.6 Å². The van der Waals surface area contributed by atoms with Crippen LogP contribution < -0.4 is 10.1 Å². The highest BCUT2D eigenvalue weighted by molar-refractivity contribution is 14.1. The molecule has 5 nitrogen and oxygen atoms in total. The molecule has 0 saturated heterocycles. The van der Waals surface area contributed by atoms with Crippen molar-refractivity contribution in [1.29, 1.82) is 0 Å². The van der Waals surface area contributed by atoms with Gasteiger partial charge in [-0.05, 0) is 59.2 Å². The van der Waals surface area contributed by atoms with Crippen molar-refractivity contribution >= 4 is 34.0 Å². The van der Waals surface area contributed by atoms with Crippen LogP contribution in [0.15, 0.2) is 36.4 Å². The van der Waals surface area contributed by atoms with Gasteiger partial charge in [-0.3, -0.25) is 10.1 Å². The number of ether oxygens (including phenoxy) is 1. The first-order valence-electron chi connectivity index (χ1n) is 6.63. The number of aryl methyl sites for hydroxylation is 1. The number of rotatable bonds is 3. The molecule has 21 heavy (non-hydrogen) atoms. The van der Waals surface area contributed by atoms with Gasteiger partial charge in [-0.25, -0.2) is 0 Å². The van der Waals surface area contributed by atoms with Gasteiger partial charge in [0.2, 0.25) is 5.75 Å². The fourth-order valence-corrected chi connectivity index (χ4v) is 2.88. The number of nitrogens with one attached hydrogen (secondary N) is 1. The highest BCUT2D eigenvalue weighted by Crippen LogP contribution is 2.38. The minimum Gasteiger partial charge on any atom is -0.448 e. The molecular formula is C15H13IN2O3. The van der Waals surface area contributed by atoms with Crippen LogP contribution in [0.4, 0.5) is 11.4 Å². The highest BCUT2D eigenvalue weighted by Gasteiger charge is 2.19. The number of benzene rings is 2. The van der Waals surface area contributed by atoms with Crippen LogP contribution in [0.2, 0.25) is 0 Å². The van der Waals surface area contributed by atoms with Gasteiger partial charge in [0.05, 0.1) is 10.6 Å². The van der Waals surface area contributed by atoms with E-state index in [0.29, 0.717) is 5.75 Å². The van der Waals surface area contributed by atoms with Crippen LogP contribution in [0.1, 0.15) is 12.0 Å². The van der Waals surface area contributed by atoms with Crippen LogP contribution in [-0.2, 0) is 6.42 Å². The molecule has 0 saturated carbocycles. The van der Waals surface area contributed by atoms with Gasteiger partial charge in [0, 0.05) is 16.2 Å². The quantitative estimate of drug-likeness (QED) is 0.476. The third-order valence-electron chi connectivity index (χ3n) is 3.37. The summed E-state index contributed by atoms with van der Waals surface area (Å²) in [6.45, 7) is 0.891. The Kier molecular flexibility index (Phi) is 3.96. The van der Waals surface area contributed by atoms with E-state index in [1.165, 1.54) is 11.6 Å². The Labute approximate surface area is 135 Å². The summed E-state index contributed by atoms with van der Waals surface area (Å²) < 4.78 is 6.62. The van der Waals surface area contributed by atoms with E-state index in [4.69, 9.17) is 4.74 Å². The maximum atomic E-state index is 11.2. The molecule has 0 amide bonds. The lowest BCUT2D eigenvalue weighted by Crippen LogP contribution is -2.12. The SMILES string of the molecule is O=[N+]([O-])c1cc(I)ccc1Oc1cccc2c1NCCC2. The largest absolute Gasteiger partial charge is 0.448 e. The van der Waals surface area contributed by atoms with Crippen molar-refractivity contribution in [1.82, 2.24) is 0 Å². The molecule has 2 aromatic carbocycles. The van der Waals surface area contributed by atoms with Crippen molar-refractivity contribution in [2.45, 2.75) is 12.8 Å². The first-order valence-corrected chi connectivity index (χ1v) is 7.70. The number of hydrogen-bond acceptors (Lipinski definition) is 4. The van der Waals surface area contributed by atoms with Crippen LogP contribution in [0.3, 0.4) is 0 Å². The normalized spacial score (nSPS) is 13.2. The predicted molar refractivity (Wildman–Crippen MR) is 89.1 cm³/mol. The molecule has 0 aliphatic carbocycles. The molecule has 1 heterocycles. The summed E-state index contributed by atoms with van der Waals surface area (Å²) in [5, 5.41) is 14.5. The van der Waals surface area contributed by atoms with Crippen molar-refractivity contribution in [2.24, 2.45) is 0 Å². The minimum absolute atomic E-state index is 0.0182. The molecule has 1 aliphatic heterocycles. The number of nitro groups is 1. The predicted octanol–water partition coefficient (Wildman–Crippen LogP) is 4.35. The van der Waals surface area contributed by atoms with Crippen LogP contribution in [0.5, 0.6) is 11.5 Å². The number of nitro benzene ring substituents is 1.